The average molecular weight is 475 g/mol. The Balaban J connectivity index is 1.69. The normalized spacial score (nSPS) is 13.6. The van der Waals surface area contributed by atoms with Gasteiger partial charge in [0.1, 0.15) is 5.00 Å². The van der Waals surface area contributed by atoms with Crippen LogP contribution in [0.2, 0.25) is 5.02 Å². The average Bonchev–Trinajstić information content (AvgIpc) is 3.48. The molecule has 0 unspecified atom stereocenters. The van der Waals surface area contributed by atoms with E-state index in [4.69, 9.17) is 16.3 Å². The van der Waals surface area contributed by atoms with Crippen LogP contribution in [0.3, 0.4) is 0 Å². The van der Waals surface area contributed by atoms with Gasteiger partial charge in [-0.3, -0.25) is 9.59 Å². The van der Waals surface area contributed by atoms with Crippen LogP contribution < -0.4 is 10.6 Å². The Labute approximate surface area is 184 Å². The highest BCUT2D eigenvalue weighted by atomic mass is 35.5. The Kier molecular flexibility index (Phi) is 6.61. The predicted molar refractivity (Wildman–Crippen MR) is 111 cm³/mol. The van der Waals surface area contributed by atoms with E-state index in [-0.39, 0.29) is 22.4 Å². The summed E-state index contributed by atoms with van der Waals surface area (Å²) in [5.74, 6) is -2.11. The van der Waals surface area contributed by atoms with E-state index >= 15 is 0 Å². The molecule has 2 aromatic rings. The molecule has 0 spiro atoms. The smallest absolute Gasteiger partial charge is 0.418 e. The van der Waals surface area contributed by atoms with Crippen molar-refractivity contribution in [3.05, 3.63) is 44.8 Å². The van der Waals surface area contributed by atoms with E-state index < -0.39 is 35.9 Å². The third-order valence-electron chi connectivity index (χ3n) is 4.69. The fraction of sp³-hybridized carbons (Fsp3) is 0.350. The van der Waals surface area contributed by atoms with Gasteiger partial charge >= 0.3 is 12.1 Å². The first-order valence-corrected chi connectivity index (χ1v) is 10.4. The fourth-order valence-electron chi connectivity index (χ4n) is 2.79. The first-order chi connectivity index (χ1) is 14.5. The van der Waals surface area contributed by atoms with E-state index in [0.717, 1.165) is 29.9 Å². The van der Waals surface area contributed by atoms with Crippen LogP contribution in [0.25, 0.3) is 0 Å². The van der Waals surface area contributed by atoms with Crippen LogP contribution in [-0.2, 0) is 20.5 Å². The van der Waals surface area contributed by atoms with Gasteiger partial charge in [-0.2, -0.15) is 13.2 Å². The van der Waals surface area contributed by atoms with Crippen molar-refractivity contribution in [2.24, 2.45) is 5.92 Å². The summed E-state index contributed by atoms with van der Waals surface area (Å²) >= 11 is 7.01. The Bertz CT molecular complexity index is 1050. The molecule has 1 aliphatic carbocycles. The molecule has 3 rings (SSSR count). The van der Waals surface area contributed by atoms with Gasteiger partial charge in [-0.15, -0.1) is 11.3 Å². The molecule has 0 aliphatic heterocycles. The van der Waals surface area contributed by atoms with Crippen molar-refractivity contribution in [1.29, 1.82) is 0 Å². The Hall–Kier alpha value is -2.59. The molecule has 0 saturated heterocycles. The summed E-state index contributed by atoms with van der Waals surface area (Å²) in [6.45, 7) is 2.62. The predicted octanol–water partition coefficient (Wildman–Crippen LogP) is 5.18. The summed E-state index contributed by atoms with van der Waals surface area (Å²) in [5, 5.41) is 4.78. The maximum atomic E-state index is 13.1. The number of aryl methyl sites for hydroxylation is 1. The lowest BCUT2D eigenvalue weighted by molar-refractivity contribution is -0.137. The van der Waals surface area contributed by atoms with Gasteiger partial charge in [-0.1, -0.05) is 17.7 Å². The van der Waals surface area contributed by atoms with Crippen LogP contribution in [0, 0.1) is 19.8 Å². The fourth-order valence-corrected chi connectivity index (χ4v) is 4.06. The molecule has 166 valence electrons. The second-order valence-corrected chi connectivity index (χ2v) is 8.67. The lowest BCUT2D eigenvalue weighted by Crippen LogP contribution is -2.23. The van der Waals surface area contributed by atoms with Gasteiger partial charge in [0.2, 0.25) is 5.91 Å². The van der Waals surface area contributed by atoms with Gasteiger partial charge in [-0.25, -0.2) is 4.79 Å². The van der Waals surface area contributed by atoms with Crippen molar-refractivity contribution in [1.82, 2.24) is 0 Å². The summed E-state index contributed by atoms with van der Waals surface area (Å²) in [6, 6.07) is 3.09. The topological polar surface area (TPSA) is 84.5 Å². The number of nitrogens with one attached hydrogen (secondary N) is 2. The van der Waals surface area contributed by atoms with Crippen LogP contribution in [-0.4, -0.2) is 24.4 Å². The summed E-state index contributed by atoms with van der Waals surface area (Å²) in [6.07, 6.45) is -3.15. The summed E-state index contributed by atoms with van der Waals surface area (Å²) in [5.41, 5.74) is -1.02. The molecule has 1 fully saturated rings. The first kappa shape index (κ1) is 23.1. The second kappa shape index (κ2) is 8.88. The van der Waals surface area contributed by atoms with Crippen molar-refractivity contribution in [3.8, 4) is 0 Å². The molecule has 1 aromatic heterocycles. The summed E-state index contributed by atoms with van der Waals surface area (Å²) in [7, 11) is 0. The lowest BCUT2D eigenvalue weighted by atomic mass is 10.1. The maximum Gasteiger partial charge on any atom is 0.418 e. The molecule has 1 aromatic carbocycles. The van der Waals surface area contributed by atoms with Crippen LogP contribution >= 0.6 is 22.9 Å². The van der Waals surface area contributed by atoms with E-state index in [1.54, 1.807) is 13.8 Å². The molecule has 1 heterocycles. The summed E-state index contributed by atoms with van der Waals surface area (Å²) < 4.78 is 44.4. The molecule has 2 N–H and O–H groups in total. The number of carbonyl (C=O) groups is 3. The first-order valence-electron chi connectivity index (χ1n) is 9.22. The second-order valence-electron chi connectivity index (χ2n) is 7.04. The molecule has 0 atom stereocenters. The van der Waals surface area contributed by atoms with Crippen molar-refractivity contribution in [2.45, 2.75) is 32.9 Å². The number of halogens is 4. The monoisotopic (exact) mass is 474 g/mol. The number of anilines is 2. The largest absolute Gasteiger partial charge is 0.452 e. The van der Waals surface area contributed by atoms with Crippen molar-refractivity contribution in [3.63, 3.8) is 0 Å². The molecule has 31 heavy (non-hydrogen) atoms. The zero-order valence-corrected chi connectivity index (χ0v) is 18.1. The molecule has 6 nitrogen and oxygen atoms in total. The Morgan fingerprint density at radius 1 is 1.19 bits per heavy atom. The van der Waals surface area contributed by atoms with Crippen molar-refractivity contribution < 1.29 is 32.3 Å². The maximum absolute atomic E-state index is 13.1. The standard InChI is InChI=1S/C20H18ClF3N2O4S/c1-9-10(2)31-18(26-17(28)11-6-7-11)15(9)19(29)30-8-14(27)25-16-12(20(22,23)24)4-3-5-13(16)21/h3-5,11H,6-8H2,1-2H3,(H,25,27)(H,26,28). The third-order valence-corrected chi connectivity index (χ3v) is 6.13. The quantitative estimate of drug-likeness (QED) is 0.565. The molecular formula is C20H18ClF3N2O4S. The highest BCUT2D eigenvalue weighted by molar-refractivity contribution is 7.16. The zero-order valence-electron chi connectivity index (χ0n) is 16.5. The van der Waals surface area contributed by atoms with E-state index in [1.807, 2.05) is 5.32 Å². The minimum atomic E-state index is -4.73. The Morgan fingerprint density at radius 2 is 1.87 bits per heavy atom. The number of esters is 1. The molecule has 0 radical (unpaired) electrons. The number of hydrogen-bond donors (Lipinski definition) is 2. The van der Waals surface area contributed by atoms with Crippen molar-refractivity contribution in [2.75, 3.05) is 17.2 Å². The zero-order chi connectivity index (χ0) is 22.9. The van der Waals surface area contributed by atoms with E-state index in [0.29, 0.717) is 10.6 Å². The third kappa shape index (κ3) is 5.37. The van der Waals surface area contributed by atoms with E-state index in [2.05, 4.69) is 5.32 Å². The van der Waals surface area contributed by atoms with Crippen LogP contribution in [0.5, 0.6) is 0 Å². The van der Waals surface area contributed by atoms with E-state index in [1.165, 1.54) is 17.4 Å². The minimum absolute atomic E-state index is 0.0733. The number of para-hydroxylation sites is 1. The van der Waals surface area contributed by atoms with Gasteiger partial charge in [-0.05, 0) is 44.4 Å². The highest BCUT2D eigenvalue weighted by Crippen LogP contribution is 2.39. The molecule has 11 heteroatoms. The number of carbonyl (C=O) groups excluding carboxylic acids is 3. The molecule has 1 aliphatic rings. The van der Waals surface area contributed by atoms with Gasteiger partial charge in [0, 0.05) is 10.8 Å². The number of rotatable bonds is 6. The van der Waals surface area contributed by atoms with E-state index in [9.17, 15) is 27.6 Å². The van der Waals surface area contributed by atoms with Gasteiger partial charge in [0.25, 0.3) is 5.91 Å². The highest BCUT2D eigenvalue weighted by Gasteiger charge is 2.35. The minimum Gasteiger partial charge on any atom is -0.452 e. The molecule has 0 bridgehead atoms. The van der Waals surface area contributed by atoms with Gasteiger partial charge in [0.05, 0.1) is 21.8 Å². The van der Waals surface area contributed by atoms with Gasteiger partial charge in [0.15, 0.2) is 6.61 Å². The SMILES string of the molecule is Cc1sc(NC(=O)C2CC2)c(C(=O)OCC(=O)Nc2c(Cl)cccc2C(F)(F)F)c1C. The molecular weight excluding hydrogens is 457 g/mol. The van der Waals surface area contributed by atoms with Gasteiger partial charge < -0.3 is 15.4 Å². The number of ether oxygens (including phenoxy) is 1. The summed E-state index contributed by atoms with van der Waals surface area (Å²) in [4.78, 5) is 37.6. The Morgan fingerprint density at radius 3 is 2.48 bits per heavy atom. The number of alkyl halides is 3. The number of thiophene rings is 1. The number of amides is 2. The van der Waals surface area contributed by atoms with Crippen LogP contribution in [0.4, 0.5) is 23.9 Å². The van der Waals surface area contributed by atoms with Crippen LogP contribution in [0.15, 0.2) is 18.2 Å². The molecule has 2 amide bonds. The molecule has 1 saturated carbocycles. The lowest BCUT2D eigenvalue weighted by Gasteiger charge is -2.15. The number of benzene rings is 1. The van der Waals surface area contributed by atoms with Crippen molar-refractivity contribution >= 4 is 51.4 Å². The van der Waals surface area contributed by atoms with Crippen LogP contribution in [0.1, 0.15) is 39.2 Å². The number of hydrogen-bond acceptors (Lipinski definition) is 5.